The molecule has 50 valence electrons. The van der Waals surface area contributed by atoms with Crippen LogP contribution < -0.4 is 0 Å². The Balaban J connectivity index is 4.20. The van der Waals surface area contributed by atoms with Crippen molar-refractivity contribution in [1.82, 2.24) is 0 Å². The smallest absolute Gasteiger partial charge is 0.138 e. The van der Waals surface area contributed by atoms with E-state index in [1.165, 1.54) is 3.77 Å². The maximum absolute atomic E-state index is 11.0. The molecule has 0 aliphatic heterocycles. The van der Waals surface area contributed by atoms with E-state index in [1.54, 1.807) is 0 Å². The highest BCUT2D eigenvalue weighted by Gasteiger charge is 2.07. The highest BCUT2D eigenvalue weighted by atomic mass is 32.3. The van der Waals surface area contributed by atoms with Crippen LogP contribution in [0.1, 0.15) is 0 Å². The molecule has 0 radical (unpaired) electrons. The zero-order chi connectivity index (χ0) is 6.78. The van der Waals surface area contributed by atoms with Crippen molar-refractivity contribution in [2.75, 3.05) is 0 Å². The average Bonchev–Trinajstić information content (AvgIpc) is 1.21. The number of rotatable bonds is 0. The summed E-state index contributed by atoms with van der Waals surface area (Å²) in [7, 11) is -5.34. The van der Waals surface area contributed by atoms with Crippen LogP contribution in [0.4, 0.5) is 15.5 Å². The quantitative estimate of drug-likeness (QED) is 0.512. The number of nitrogens with zero attached hydrogens (tertiary/aromatic N) is 2. The van der Waals surface area contributed by atoms with Crippen LogP contribution in [-0.4, -0.2) is 0 Å². The van der Waals surface area contributed by atoms with Gasteiger partial charge in [-0.2, -0.15) is 0 Å². The summed E-state index contributed by atoms with van der Waals surface area (Å²) in [4.78, 5) is 0. The molecule has 0 atom stereocenters. The summed E-state index contributed by atoms with van der Waals surface area (Å²) < 4.78 is 52.2. The number of hydrogen-bond acceptors (Lipinski definition) is 2. The molecule has 0 spiro atoms. The van der Waals surface area contributed by atoms with Crippen molar-refractivity contribution in [1.29, 1.82) is 4.61 Å². The molecule has 0 aromatic carbocycles. The molecule has 0 heterocycles. The van der Waals surface area contributed by atoms with Gasteiger partial charge in [0.2, 0.25) is 0 Å². The summed E-state index contributed by atoms with van der Waals surface area (Å²) in [5, 5.41) is 0. The summed E-state index contributed by atoms with van der Waals surface area (Å²) in [5.74, 6) is 0. The first kappa shape index (κ1) is 7.93. The van der Waals surface area contributed by atoms with Crippen LogP contribution >= 0.6 is 10.6 Å². The minimum absolute atomic E-state index is 1.41. The molecule has 0 bridgehead atoms. The van der Waals surface area contributed by atoms with E-state index < -0.39 is 22.1 Å². The topological polar surface area (TPSA) is 36.1 Å². The second-order valence-corrected chi connectivity index (χ2v) is 2.51. The summed E-state index contributed by atoms with van der Waals surface area (Å²) in [5.41, 5.74) is 0. The van der Waals surface area contributed by atoms with Crippen LogP contribution in [0, 0.1) is 4.61 Å². The summed E-state index contributed by atoms with van der Waals surface area (Å²) in [6.07, 6.45) is 0. The first-order valence-corrected chi connectivity index (χ1v) is 3.49. The van der Waals surface area contributed by atoms with Crippen molar-refractivity contribution in [3.63, 3.8) is 0 Å². The van der Waals surface area contributed by atoms with Crippen molar-refractivity contribution >= 4 is 22.1 Å². The molecular weight excluding hydrogens is 168 g/mol. The third kappa shape index (κ3) is 5.93. The molecule has 0 amide bonds. The molecule has 0 aliphatic carbocycles. The molecule has 0 fully saturated rings. The normalized spacial score (nSPS) is 12.0. The SMILES string of the molecule is N#S(F)(F)N=S(F)F. The Kier molecular flexibility index (Phi) is 2.45. The van der Waals surface area contributed by atoms with E-state index in [4.69, 9.17) is 4.61 Å². The Morgan fingerprint density at radius 3 is 1.75 bits per heavy atom. The van der Waals surface area contributed by atoms with E-state index >= 15 is 0 Å². The predicted octanol–water partition coefficient (Wildman–Crippen LogP) is 2.53. The van der Waals surface area contributed by atoms with Crippen molar-refractivity contribution in [3.8, 4) is 0 Å². The van der Waals surface area contributed by atoms with Gasteiger partial charge in [-0.3, -0.25) is 0 Å². The number of hydrogen-bond donors (Lipinski definition) is 0. The maximum Gasteiger partial charge on any atom is 0.355 e. The third-order valence-electron chi connectivity index (χ3n) is 0.146. The van der Waals surface area contributed by atoms with Crippen LogP contribution in [0.15, 0.2) is 3.77 Å². The van der Waals surface area contributed by atoms with Gasteiger partial charge in [-0.15, -0.1) is 12.4 Å². The lowest BCUT2D eigenvalue weighted by Gasteiger charge is -1.82. The second-order valence-electron chi connectivity index (χ2n) is 0.687. The van der Waals surface area contributed by atoms with E-state index in [-0.39, 0.29) is 0 Å². The van der Waals surface area contributed by atoms with Gasteiger partial charge in [-0.1, -0.05) is 11.5 Å². The van der Waals surface area contributed by atoms with E-state index in [1.807, 2.05) is 0 Å². The lowest BCUT2D eigenvalue weighted by atomic mass is 13.9. The minimum Gasteiger partial charge on any atom is -0.138 e. The Morgan fingerprint density at radius 2 is 1.75 bits per heavy atom. The molecule has 0 unspecified atom stereocenters. The van der Waals surface area contributed by atoms with Crippen molar-refractivity contribution < 1.29 is 15.5 Å². The predicted molar refractivity (Wildman–Crippen MR) is 23.5 cm³/mol. The average molecular weight is 168 g/mol. The van der Waals surface area contributed by atoms with E-state index in [9.17, 15) is 15.5 Å². The second kappa shape index (κ2) is 2.47. The van der Waals surface area contributed by atoms with Crippen molar-refractivity contribution in [2.24, 2.45) is 3.77 Å². The van der Waals surface area contributed by atoms with E-state index in [2.05, 4.69) is 0 Å². The standard InChI is InChI=1S/F4N2S2/c1-7(2)6-8(3,4)5. The minimum atomic E-state index is -5.34. The van der Waals surface area contributed by atoms with Gasteiger partial charge in [0.1, 0.15) is 0 Å². The molecule has 8 heteroatoms. The summed E-state index contributed by atoms with van der Waals surface area (Å²) >= 11 is -3.72. The molecule has 0 saturated carbocycles. The van der Waals surface area contributed by atoms with Gasteiger partial charge in [0.15, 0.2) is 0 Å². The number of halogens is 4. The molecule has 0 rings (SSSR count). The zero-order valence-corrected chi connectivity index (χ0v) is 4.86. The third-order valence-corrected chi connectivity index (χ3v) is 1.31. The van der Waals surface area contributed by atoms with Gasteiger partial charge >= 0.3 is 10.6 Å². The van der Waals surface area contributed by atoms with E-state index in [0.29, 0.717) is 0 Å². The summed E-state index contributed by atoms with van der Waals surface area (Å²) in [6, 6.07) is 0. The Labute approximate surface area is 46.8 Å². The first-order valence-electron chi connectivity index (χ1n) is 1.16. The fourth-order valence-electron chi connectivity index (χ4n) is 0.0678. The molecule has 0 saturated heterocycles. The van der Waals surface area contributed by atoms with Gasteiger partial charge in [-0.05, 0) is 0 Å². The lowest BCUT2D eigenvalue weighted by molar-refractivity contribution is 0.756. The van der Waals surface area contributed by atoms with Crippen LogP contribution in [-0.2, 0) is 11.5 Å². The van der Waals surface area contributed by atoms with Gasteiger partial charge in [-0.25, -0.2) is 0 Å². The van der Waals surface area contributed by atoms with E-state index in [0.717, 1.165) is 0 Å². The molecular formula is F4N2S2. The van der Waals surface area contributed by atoms with Crippen LogP contribution in [0.2, 0.25) is 0 Å². The monoisotopic (exact) mass is 168 g/mol. The van der Waals surface area contributed by atoms with Gasteiger partial charge < -0.3 is 0 Å². The fourth-order valence-corrected chi connectivity index (χ4v) is 0.610. The fraction of sp³-hybridized carbons (Fsp3) is 0. The largest absolute Gasteiger partial charge is 0.355 e. The molecule has 2 nitrogen and oxygen atoms in total. The van der Waals surface area contributed by atoms with Crippen LogP contribution in [0.3, 0.4) is 0 Å². The molecule has 0 aromatic rings. The zero-order valence-electron chi connectivity index (χ0n) is 3.22. The van der Waals surface area contributed by atoms with Crippen LogP contribution in [0.5, 0.6) is 0 Å². The van der Waals surface area contributed by atoms with Crippen molar-refractivity contribution in [3.05, 3.63) is 0 Å². The summed E-state index contributed by atoms with van der Waals surface area (Å²) in [6.45, 7) is 0. The van der Waals surface area contributed by atoms with Gasteiger partial charge in [0, 0.05) is 0 Å². The Morgan fingerprint density at radius 1 is 1.38 bits per heavy atom. The first-order chi connectivity index (χ1) is 3.42. The van der Waals surface area contributed by atoms with Crippen LogP contribution in [0.25, 0.3) is 0 Å². The molecule has 8 heavy (non-hydrogen) atoms. The van der Waals surface area contributed by atoms with Gasteiger partial charge in [0.25, 0.3) is 11.5 Å². The highest BCUT2D eigenvalue weighted by molar-refractivity contribution is 8.14. The molecule has 0 aromatic heterocycles. The van der Waals surface area contributed by atoms with Crippen molar-refractivity contribution in [2.45, 2.75) is 0 Å². The maximum atomic E-state index is 11.0. The molecule has 0 N–H and O–H groups in total. The Bertz CT molecular complexity index is 183. The molecule has 0 aliphatic rings. The highest BCUT2D eigenvalue weighted by Crippen LogP contribution is 2.37. The van der Waals surface area contributed by atoms with Gasteiger partial charge in [0.05, 0.1) is 0 Å². The lowest BCUT2D eigenvalue weighted by Crippen LogP contribution is -1.60. The Hall–Kier alpha value is -0.0700.